The third kappa shape index (κ3) is 4.38. The third-order valence-corrected chi connectivity index (χ3v) is 6.62. The zero-order valence-corrected chi connectivity index (χ0v) is 17.0. The Morgan fingerprint density at radius 2 is 1.93 bits per heavy atom. The molecule has 0 aromatic heterocycles. The van der Waals surface area contributed by atoms with E-state index in [2.05, 4.69) is 11.4 Å². The van der Waals surface area contributed by atoms with Gasteiger partial charge in [-0.25, -0.2) is 4.79 Å². The molecule has 0 unspecified atom stereocenters. The van der Waals surface area contributed by atoms with E-state index in [1.807, 2.05) is 55.1 Å². The normalized spacial score (nSPS) is 15.6. The van der Waals surface area contributed by atoms with Crippen LogP contribution in [-0.2, 0) is 6.54 Å². The number of para-hydroxylation sites is 1. The molecule has 1 aliphatic carbocycles. The van der Waals surface area contributed by atoms with Gasteiger partial charge < -0.3 is 19.7 Å². The summed E-state index contributed by atoms with van der Waals surface area (Å²) < 4.78 is 10.8. The Bertz CT molecular complexity index is 836. The van der Waals surface area contributed by atoms with Crippen LogP contribution in [0.3, 0.4) is 0 Å². The lowest BCUT2D eigenvalue weighted by Crippen LogP contribution is -2.34. The van der Waals surface area contributed by atoms with Gasteiger partial charge in [-0.3, -0.25) is 0 Å². The van der Waals surface area contributed by atoms with Crippen molar-refractivity contribution in [2.24, 2.45) is 0 Å². The molecule has 1 fully saturated rings. The molecule has 0 atom stereocenters. The maximum absolute atomic E-state index is 12.9. The Morgan fingerprint density at radius 1 is 1.14 bits per heavy atom. The number of thioether (sulfide) groups is 1. The van der Waals surface area contributed by atoms with Crippen molar-refractivity contribution in [1.29, 1.82) is 0 Å². The van der Waals surface area contributed by atoms with Crippen molar-refractivity contribution in [3.8, 4) is 11.5 Å². The first-order chi connectivity index (χ1) is 13.7. The van der Waals surface area contributed by atoms with Crippen molar-refractivity contribution in [3.05, 3.63) is 48.0 Å². The molecule has 0 radical (unpaired) electrons. The number of hydrogen-bond donors (Lipinski definition) is 1. The molecule has 1 heterocycles. The van der Waals surface area contributed by atoms with E-state index >= 15 is 0 Å². The summed E-state index contributed by atoms with van der Waals surface area (Å²) in [4.78, 5) is 15.9. The predicted octanol–water partition coefficient (Wildman–Crippen LogP) is 5.50. The molecule has 6 heteroatoms. The lowest BCUT2D eigenvalue weighted by molar-refractivity contribution is 0.174. The number of rotatable bonds is 6. The number of benzene rings is 2. The van der Waals surface area contributed by atoms with Crippen LogP contribution in [0.4, 0.5) is 10.5 Å². The number of amides is 2. The highest BCUT2D eigenvalue weighted by Gasteiger charge is 2.20. The maximum Gasteiger partial charge on any atom is 0.322 e. The van der Waals surface area contributed by atoms with Gasteiger partial charge in [-0.2, -0.15) is 0 Å². The minimum absolute atomic E-state index is 0.0837. The fourth-order valence-electron chi connectivity index (χ4n) is 3.64. The maximum atomic E-state index is 12.9. The topological polar surface area (TPSA) is 50.8 Å². The summed E-state index contributed by atoms with van der Waals surface area (Å²) in [5.74, 6) is 1.50. The number of nitrogens with zero attached hydrogens (tertiary/aromatic N) is 1. The van der Waals surface area contributed by atoms with E-state index in [-0.39, 0.29) is 12.8 Å². The van der Waals surface area contributed by atoms with E-state index in [0.717, 1.165) is 27.6 Å². The number of fused-ring (bicyclic) bond motifs is 1. The lowest BCUT2D eigenvalue weighted by Gasteiger charge is -2.23. The zero-order chi connectivity index (χ0) is 19.3. The van der Waals surface area contributed by atoms with Gasteiger partial charge in [0.25, 0.3) is 0 Å². The van der Waals surface area contributed by atoms with Crippen LogP contribution in [0.25, 0.3) is 0 Å². The van der Waals surface area contributed by atoms with Gasteiger partial charge >= 0.3 is 6.03 Å². The van der Waals surface area contributed by atoms with Crippen LogP contribution in [0.1, 0.15) is 38.2 Å². The van der Waals surface area contributed by atoms with Gasteiger partial charge in [0.2, 0.25) is 6.79 Å². The monoisotopic (exact) mass is 398 g/mol. The van der Waals surface area contributed by atoms with Gasteiger partial charge in [0.1, 0.15) is 0 Å². The Labute approximate surface area is 170 Å². The van der Waals surface area contributed by atoms with Crippen LogP contribution in [-0.4, -0.2) is 29.5 Å². The van der Waals surface area contributed by atoms with E-state index in [0.29, 0.717) is 18.3 Å². The zero-order valence-electron chi connectivity index (χ0n) is 16.1. The van der Waals surface area contributed by atoms with Gasteiger partial charge in [0, 0.05) is 23.2 Å². The van der Waals surface area contributed by atoms with Gasteiger partial charge in [-0.15, -0.1) is 11.8 Å². The molecule has 1 N–H and O–H groups in total. The summed E-state index contributed by atoms with van der Waals surface area (Å²) in [6, 6.07) is 13.8. The van der Waals surface area contributed by atoms with Gasteiger partial charge in [0.15, 0.2) is 11.5 Å². The summed E-state index contributed by atoms with van der Waals surface area (Å²) >= 11 is 1.89. The molecule has 2 amide bonds. The van der Waals surface area contributed by atoms with Crippen LogP contribution in [0.5, 0.6) is 11.5 Å². The van der Waals surface area contributed by atoms with Crippen molar-refractivity contribution in [2.45, 2.75) is 49.3 Å². The molecule has 2 aliphatic rings. The molecule has 1 aliphatic heterocycles. The first-order valence-electron chi connectivity index (χ1n) is 9.93. The molecule has 2 aromatic carbocycles. The Balaban J connectivity index is 1.43. The van der Waals surface area contributed by atoms with Gasteiger partial charge in [-0.05, 0) is 49.6 Å². The average Bonchev–Trinajstić information content (AvgIpc) is 3.38. The van der Waals surface area contributed by atoms with Crippen LogP contribution in [0.15, 0.2) is 47.4 Å². The average molecular weight is 399 g/mol. The summed E-state index contributed by atoms with van der Waals surface area (Å²) in [5.41, 5.74) is 1.92. The quantitative estimate of drug-likeness (QED) is 0.698. The highest BCUT2D eigenvalue weighted by Crippen LogP contribution is 2.38. The number of ether oxygens (including phenoxy) is 2. The van der Waals surface area contributed by atoms with Crippen molar-refractivity contribution >= 4 is 23.5 Å². The Kier molecular flexibility index (Phi) is 5.95. The summed E-state index contributed by atoms with van der Waals surface area (Å²) in [7, 11) is 0. The van der Waals surface area contributed by atoms with Crippen molar-refractivity contribution < 1.29 is 14.3 Å². The SMILES string of the molecule is CCN(Cc1ccc2c(c1)OCO2)C(=O)Nc1ccccc1SC1CCCC1. The van der Waals surface area contributed by atoms with Crippen LogP contribution in [0.2, 0.25) is 0 Å². The van der Waals surface area contributed by atoms with Crippen molar-refractivity contribution in [3.63, 3.8) is 0 Å². The van der Waals surface area contributed by atoms with Crippen LogP contribution < -0.4 is 14.8 Å². The molecule has 148 valence electrons. The summed E-state index contributed by atoms with van der Waals surface area (Å²) in [5, 5.41) is 3.78. The van der Waals surface area contributed by atoms with E-state index in [9.17, 15) is 4.79 Å². The minimum Gasteiger partial charge on any atom is -0.454 e. The molecule has 28 heavy (non-hydrogen) atoms. The van der Waals surface area contributed by atoms with Crippen LogP contribution >= 0.6 is 11.8 Å². The largest absolute Gasteiger partial charge is 0.454 e. The molecule has 0 saturated heterocycles. The minimum atomic E-state index is -0.0837. The lowest BCUT2D eigenvalue weighted by atomic mass is 10.2. The molecule has 2 aromatic rings. The number of hydrogen-bond acceptors (Lipinski definition) is 4. The second-order valence-electron chi connectivity index (χ2n) is 7.15. The fourth-order valence-corrected chi connectivity index (χ4v) is 4.97. The second kappa shape index (κ2) is 8.78. The molecular formula is C22H26N2O3S. The summed E-state index contributed by atoms with van der Waals surface area (Å²) in [6.07, 6.45) is 5.15. The van der Waals surface area contributed by atoms with E-state index in [4.69, 9.17) is 9.47 Å². The summed E-state index contributed by atoms with van der Waals surface area (Å²) in [6.45, 7) is 3.40. The molecule has 0 bridgehead atoms. The first-order valence-corrected chi connectivity index (χ1v) is 10.8. The van der Waals surface area contributed by atoms with Crippen molar-refractivity contribution in [2.75, 3.05) is 18.7 Å². The molecule has 0 spiro atoms. The second-order valence-corrected chi connectivity index (χ2v) is 8.49. The number of nitrogens with one attached hydrogen (secondary N) is 1. The number of carbonyl (C=O) groups excluding carboxylic acids is 1. The van der Waals surface area contributed by atoms with Gasteiger partial charge in [0.05, 0.1) is 5.69 Å². The number of urea groups is 1. The molecule has 4 rings (SSSR count). The Hall–Kier alpha value is -2.34. The van der Waals surface area contributed by atoms with E-state index < -0.39 is 0 Å². The highest BCUT2D eigenvalue weighted by molar-refractivity contribution is 8.00. The molecule has 1 saturated carbocycles. The smallest absolute Gasteiger partial charge is 0.322 e. The van der Waals surface area contributed by atoms with E-state index in [1.54, 1.807) is 4.90 Å². The fraction of sp³-hybridized carbons (Fsp3) is 0.409. The van der Waals surface area contributed by atoms with Crippen LogP contribution in [0, 0.1) is 0 Å². The van der Waals surface area contributed by atoms with E-state index in [1.165, 1.54) is 25.7 Å². The molecule has 5 nitrogen and oxygen atoms in total. The first kappa shape index (κ1) is 19.0. The van der Waals surface area contributed by atoms with Gasteiger partial charge in [-0.1, -0.05) is 31.0 Å². The standard InChI is InChI=1S/C22H26N2O3S/c1-2-24(14-16-11-12-19-20(13-16)27-15-26-19)22(25)23-18-9-5-6-10-21(18)28-17-7-3-4-8-17/h5-6,9-13,17H,2-4,7-8,14-15H2,1H3,(H,23,25). The third-order valence-electron chi connectivity index (χ3n) is 5.20. The predicted molar refractivity (Wildman–Crippen MR) is 112 cm³/mol. The molecular weight excluding hydrogens is 372 g/mol. The number of carbonyl (C=O) groups is 1. The van der Waals surface area contributed by atoms with Crippen molar-refractivity contribution in [1.82, 2.24) is 4.90 Å². The highest BCUT2D eigenvalue weighted by atomic mass is 32.2. The number of anilines is 1. The Morgan fingerprint density at radius 3 is 2.75 bits per heavy atom.